The van der Waals surface area contributed by atoms with Crippen molar-refractivity contribution in [3.63, 3.8) is 0 Å². The highest BCUT2D eigenvalue weighted by Gasteiger charge is 2.05. The van der Waals surface area contributed by atoms with Crippen molar-refractivity contribution in [2.75, 3.05) is 10.9 Å². The number of pyridine rings is 2. The number of hydrogen-bond donors (Lipinski definition) is 2. The molecule has 128 valence electrons. The standard InChI is InChI=1S/C13H12N8O4/c1-9(17-19-13-5-3-11(8-15-13)21(24)25)6-16-18-12-4-2-10(7-14-12)20(22)23/h2-8H,1H3,(H,14,18)(H,15,19)/b16-6+,17-9+. The molecule has 0 aliphatic rings. The maximum Gasteiger partial charge on any atom is 0.287 e. The van der Waals surface area contributed by atoms with E-state index in [9.17, 15) is 20.2 Å². The van der Waals surface area contributed by atoms with E-state index in [1.54, 1.807) is 6.92 Å². The van der Waals surface area contributed by atoms with Crippen LogP contribution >= 0.6 is 0 Å². The van der Waals surface area contributed by atoms with Gasteiger partial charge in [-0.1, -0.05) is 0 Å². The van der Waals surface area contributed by atoms with Crippen molar-refractivity contribution in [3.8, 4) is 0 Å². The first-order valence-corrected chi connectivity index (χ1v) is 6.76. The molecule has 2 heterocycles. The molecule has 12 nitrogen and oxygen atoms in total. The Morgan fingerprint density at radius 3 is 1.96 bits per heavy atom. The van der Waals surface area contributed by atoms with E-state index in [1.165, 1.54) is 30.5 Å². The highest BCUT2D eigenvalue weighted by atomic mass is 16.6. The fraction of sp³-hybridized carbons (Fsp3) is 0.0769. The zero-order valence-corrected chi connectivity index (χ0v) is 12.9. The van der Waals surface area contributed by atoms with Crippen LogP contribution in [0.4, 0.5) is 23.0 Å². The lowest BCUT2D eigenvalue weighted by Gasteiger charge is -2.00. The molecule has 2 aromatic heterocycles. The minimum Gasteiger partial charge on any atom is -0.261 e. The monoisotopic (exact) mass is 344 g/mol. The van der Waals surface area contributed by atoms with E-state index in [-0.39, 0.29) is 11.4 Å². The molecule has 0 atom stereocenters. The molecule has 0 radical (unpaired) electrons. The Balaban J connectivity index is 1.88. The number of hydrazone groups is 2. The fourth-order valence-electron chi connectivity index (χ4n) is 1.49. The van der Waals surface area contributed by atoms with Gasteiger partial charge < -0.3 is 0 Å². The minimum absolute atomic E-state index is 0.118. The van der Waals surface area contributed by atoms with Crippen LogP contribution in [0.15, 0.2) is 46.9 Å². The Kier molecular flexibility index (Phi) is 5.60. The first-order valence-electron chi connectivity index (χ1n) is 6.76. The normalized spacial score (nSPS) is 11.3. The van der Waals surface area contributed by atoms with Gasteiger partial charge in [-0.15, -0.1) is 0 Å². The van der Waals surface area contributed by atoms with E-state index in [2.05, 4.69) is 31.0 Å². The summed E-state index contributed by atoms with van der Waals surface area (Å²) in [6, 6.07) is 5.44. The van der Waals surface area contributed by atoms with Crippen molar-refractivity contribution in [1.29, 1.82) is 0 Å². The Labute approximate surface area is 140 Å². The van der Waals surface area contributed by atoms with Gasteiger partial charge in [-0.2, -0.15) is 10.2 Å². The predicted octanol–water partition coefficient (Wildman–Crippen LogP) is 2.18. The Hall–Kier alpha value is -3.96. The number of nitro groups is 2. The summed E-state index contributed by atoms with van der Waals surface area (Å²) in [4.78, 5) is 27.6. The molecular weight excluding hydrogens is 332 g/mol. The predicted molar refractivity (Wildman–Crippen MR) is 90.6 cm³/mol. The summed E-state index contributed by atoms with van der Waals surface area (Å²) in [5, 5.41) is 28.9. The maximum absolute atomic E-state index is 10.5. The Morgan fingerprint density at radius 1 is 1.00 bits per heavy atom. The zero-order valence-electron chi connectivity index (χ0n) is 12.9. The maximum atomic E-state index is 10.5. The van der Waals surface area contributed by atoms with E-state index in [0.29, 0.717) is 17.3 Å². The SMILES string of the molecule is CC(/C=N/Nc1ccc([N+](=O)[O-])cn1)=N\Nc1ccc([N+](=O)[O-])cn1. The number of nitrogens with one attached hydrogen (secondary N) is 2. The first kappa shape index (κ1) is 17.4. The lowest BCUT2D eigenvalue weighted by Crippen LogP contribution is -2.02. The smallest absolute Gasteiger partial charge is 0.261 e. The molecular formula is C13H12N8O4. The van der Waals surface area contributed by atoms with Crippen molar-refractivity contribution in [1.82, 2.24) is 9.97 Å². The van der Waals surface area contributed by atoms with Gasteiger partial charge >= 0.3 is 0 Å². The number of aromatic nitrogens is 2. The molecule has 2 aromatic rings. The fourth-order valence-corrected chi connectivity index (χ4v) is 1.49. The van der Waals surface area contributed by atoms with Crippen molar-refractivity contribution >= 4 is 34.9 Å². The van der Waals surface area contributed by atoms with Gasteiger partial charge in [0.1, 0.15) is 24.0 Å². The summed E-state index contributed by atoms with van der Waals surface area (Å²) in [6.07, 6.45) is 3.62. The number of nitrogens with zero attached hydrogens (tertiary/aromatic N) is 6. The number of anilines is 2. The third kappa shape index (κ3) is 5.31. The van der Waals surface area contributed by atoms with E-state index >= 15 is 0 Å². The van der Waals surface area contributed by atoms with Crippen LogP contribution < -0.4 is 10.9 Å². The summed E-state index contributed by atoms with van der Waals surface area (Å²) >= 11 is 0. The molecule has 0 aliphatic heterocycles. The van der Waals surface area contributed by atoms with Gasteiger partial charge in [0.15, 0.2) is 0 Å². The molecule has 0 fully saturated rings. The molecule has 0 amide bonds. The molecule has 2 rings (SSSR count). The molecule has 0 spiro atoms. The largest absolute Gasteiger partial charge is 0.287 e. The minimum atomic E-state index is -0.547. The molecule has 0 saturated carbocycles. The van der Waals surface area contributed by atoms with Crippen molar-refractivity contribution in [2.24, 2.45) is 10.2 Å². The third-order valence-electron chi connectivity index (χ3n) is 2.69. The van der Waals surface area contributed by atoms with Gasteiger partial charge in [0.05, 0.1) is 21.8 Å². The summed E-state index contributed by atoms with van der Waals surface area (Å²) in [7, 11) is 0. The van der Waals surface area contributed by atoms with Crippen LogP contribution in [0.25, 0.3) is 0 Å². The average Bonchev–Trinajstić information content (AvgIpc) is 2.60. The lowest BCUT2D eigenvalue weighted by atomic mass is 10.4. The Morgan fingerprint density at radius 2 is 1.52 bits per heavy atom. The molecule has 25 heavy (non-hydrogen) atoms. The molecule has 0 bridgehead atoms. The van der Waals surface area contributed by atoms with Crippen LogP contribution in [0.1, 0.15) is 6.92 Å². The summed E-state index contributed by atoms with van der Waals surface area (Å²) in [5.74, 6) is 0.669. The Bertz CT molecular complexity index is 817. The molecule has 2 N–H and O–H groups in total. The molecule has 0 saturated heterocycles. The van der Waals surface area contributed by atoms with Gasteiger partial charge in [-0.25, -0.2) is 9.97 Å². The van der Waals surface area contributed by atoms with E-state index < -0.39 is 9.85 Å². The highest BCUT2D eigenvalue weighted by Crippen LogP contribution is 2.12. The highest BCUT2D eigenvalue weighted by molar-refractivity contribution is 6.29. The second-order valence-corrected chi connectivity index (χ2v) is 4.55. The zero-order chi connectivity index (χ0) is 18.2. The number of hydrogen-bond acceptors (Lipinski definition) is 10. The second-order valence-electron chi connectivity index (χ2n) is 4.55. The van der Waals surface area contributed by atoms with E-state index in [0.717, 1.165) is 12.4 Å². The van der Waals surface area contributed by atoms with Crippen molar-refractivity contribution < 1.29 is 9.85 Å². The number of rotatable bonds is 7. The summed E-state index contributed by atoms with van der Waals surface area (Å²) in [5.41, 5.74) is 5.46. The summed E-state index contributed by atoms with van der Waals surface area (Å²) < 4.78 is 0. The molecule has 12 heteroatoms. The van der Waals surface area contributed by atoms with Crippen LogP contribution in [0.3, 0.4) is 0 Å². The van der Waals surface area contributed by atoms with Gasteiger partial charge in [-0.3, -0.25) is 31.1 Å². The van der Waals surface area contributed by atoms with Crippen LogP contribution in [-0.2, 0) is 0 Å². The second kappa shape index (κ2) is 8.05. The van der Waals surface area contributed by atoms with Crippen molar-refractivity contribution in [3.05, 3.63) is 56.9 Å². The molecule has 0 aromatic carbocycles. The van der Waals surface area contributed by atoms with Crippen LogP contribution in [-0.4, -0.2) is 31.7 Å². The lowest BCUT2D eigenvalue weighted by molar-refractivity contribution is -0.385. The van der Waals surface area contributed by atoms with Crippen LogP contribution in [0.2, 0.25) is 0 Å². The van der Waals surface area contributed by atoms with E-state index in [1.807, 2.05) is 0 Å². The van der Waals surface area contributed by atoms with Gasteiger partial charge in [0.25, 0.3) is 11.4 Å². The molecule has 0 unspecified atom stereocenters. The topological polar surface area (TPSA) is 161 Å². The third-order valence-corrected chi connectivity index (χ3v) is 2.69. The average molecular weight is 344 g/mol. The van der Waals surface area contributed by atoms with E-state index in [4.69, 9.17) is 0 Å². The van der Waals surface area contributed by atoms with Crippen LogP contribution in [0, 0.1) is 20.2 Å². The van der Waals surface area contributed by atoms with Gasteiger partial charge in [-0.05, 0) is 19.1 Å². The first-order chi connectivity index (χ1) is 12.0. The summed E-state index contributed by atoms with van der Waals surface area (Å²) in [6.45, 7) is 1.66. The van der Waals surface area contributed by atoms with Gasteiger partial charge in [0, 0.05) is 12.1 Å². The van der Waals surface area contributed by atoms with Crippen LogP contribution in [0.5, 0.6) is 0 Å². The molecule has 0 aliphatic carbocycles. The van der Waals surface area contributed by atoms with Gasteiger partial charge in [0.2, 0.25) is 0 Å². The quantitative estimate of drug-likeness (QED) is 0.439. The van der Waals surface area contributed by atoms with Crippen molar-refractivity contribution in [2.45, 2.75) is 6.92 Å².